The fourth-order valence-corrected chi connectivity index (χ4v) is 4.90. The zero-order valence-electron chi connectivity index (χ0n) is 17.5. The molecule has 178 valence electrons. The van der Waals surface area contributed by atoms with E-state index in [0.29, 0.717) is 5.56 Å². The molecule has 0 unspecified atom stereocenters. The SMILES string of the molecule is CCOc1cc([C@H](CC[SH](=O)=O)N2C(=O)c3csc(NC(C)=O)c3C2=O)ccc1OC(F)F. The molecule has 1 aliphatic rings. The molecule has 9 nitrogen and oxygen atoms in total. The molecule has 0 aliphatic carbocycles. The van der Waals surface area contributed by atoms with Crippen LogP contribution < -0.4 is 14.8 Å². The molecule has 0 fully saturated rings. The molecule has 3 amide bonds. The number of fused-ring (bicyclic) bond motifs is 1. The van der Waals surface area contributed by atoms with Crippen LogP contribution >= 0.6 is 11.3 Å². The van der Waals surface area contributed by atoms with Gasteiger partial charge < -0.3 is 14.8 Å². The number of benzene rings is 1. The van der Waals surface area contributed by atoms with Crippen LogP contribution in [-0.2, 0) is 15.5 Å². The Hall–Kier alpha value is -3.06. The van der Waals surface area contributed by atoms with Crippen LogP contribution in [0.2, 0.25) is 0 Å². The third kappa shape index (κ3) is 5.30. The van der Waals surface area contributed by atoms with Gasteiger partial charge in [-0.05, 0) is 31.0 Å². The molecule has 2 aromatic rings. The van der Waals surface area contributed by atoms with E-state index in [1.165, 1.54) is 30.5 Å². The van der Waals surface area contributed by atoms with Crippen LogP contribution in [0, 0.1) is 0 Å². The van der Waals surface area contributed by atoms with Crippen molar-refractivity contribution >= 4 is 44.8 Å². The summed E-state index contributed by atoms with van der Waals surface area (Å²) in [7, 11) is -2.82. The van der Waals surface area contributed by atoms with E-state index in [1.807, 2.05) is 0 Å². The lowest BCUT2D eigenvalue weighted by atomic mass is 10.0. The molecule has 33 heavy (non-hydrogen) atoms. The number of imide groups is 1. The first-order chi connectivity index (χ1) is 15.6. The van der Waals surface area contributed by atoms with Gasteiger partial charge in [0.1, 0.15) is 15.7 Å². The Morgan fingerprint density at radius 1 is 1.21 bits per heavy atom. The van der Waals surface area contributed by atoms with E-state index < -0.39 is 41.1 Å². The highest BCUT2D eigenvalue weighted by molar-refractivity contribution is 7.72. The Balaban J connectivity index is 2.04. The van der Waals surface area contributed by atoms with Gasteiger partial charge in [-0.1, -0.05) is 6.07 Å². The van der Waals surface area contributed by atoms with Crippen LogP contribution in [-0.4, -0.2) is 50.0 Å². The molecule has 0 spiro atoms. The summed E-state index contributed by atoms with van der Waals surface area (Å²) in [5.41, 5.74) is 0.417. The summed E-state index contributed by atoms with van der Waals surface area (Å²) >= 11 is 1.03. The highest BCUT2D eigenvalue weighted by atomic mass is 32.2. The zero-order valence-corrected chi connectivity index (χ0v) is 19.2. The maximum atomic E-state index is 13.2. The minimum Gasteiger partial charge on any atom is -0.490 e. The van der Waals surface area contributed by atoms with Crippen molar-refractivity contribution in [3.8, 4) is 11.5 Å². The molecule has 1 aromatic heterocycles. The number of halogens is 2. The van der Waals surface area contributed by atoms with Gasteiger partial charge in [-0.15, -0.1) is 11.3 Å². The van der Waals surface area contributed by atoms with Crippen molar-refractivity contribution in [1.29, 1.82) is 0 Å². The monoisotopic (exact) mass is 502 g/mol. The zero-order chi connectivity index (χ0) is 24.3. The standard InChI is InChI=1S/C20H20F2N2O7S2/c1-3-30-15-8-11(4-5-14(15)31-20(21)22)13(6-7-33(28)29)24-18(26)12-9-32-17(23-10(2)25)16(12)19(24)27/h4-5,8-9,13,20,33H,3,6-7H2,1-2H3,(H,23,25)/t13-/m0/s1. The number of hydrogen-bond donors (Lipinski definition) is 2. The molecular weight excluding hydrogens is 482 g/mol. The molecule has 1 atom stereocenters. The fourth-order valence-electron chi connectivity index (χ4n) is 3.47. The van der Waals surface area contributed by atoms with Crippen LogP contribution in [0.3, 0.4) is 0 Å². The van der Waals surface area contributed by atoms with Crippen molar-refractivity contribution in [3.63, 3.8) is 0 Å². The summed E-state index contributed by atoms with van der Waals surface area (Å²) in [5, 5.41) is 4.17. The topological polar surface area (TPSA) is 119 Å². The first kappa shape index (κ1) is 24.6. The first-order valence-electron chi connectivity index (χ1n) is 9.74. The van der Waals surface area contributed by atoms with E-state index in [2.05, 4.69) is 10.1 Å². The van der Waals surface area contributed by atoms with Gasteiger partial charge in [0.05, 0.1) is 23.8 Å². The number of thiophene rings is 1. The molecule has 3 rings (SSSR count). The fraction of sp³-hybridized carbons (Fsp3) is 0.350. The number of nitrogens with one attached hydrogen (secondary N) is 1. The van der Waals surface area contributed by atoms with E-state index in [4.69, 9.17) is 4.74 Å². The second kappa shape index (κ2) is 10.3. The number of nitrogens with zero attached hydrogens (tertiary/aromatic N) is 1. The summed E-state index contributed by atoms with van der Waals surface area (Å²) in [6.45, 7) is -0.0803. The summed E-state index contributed by atoms with van der Waals surface area (Å²) in [5.74, 6) is -2.39. The van der Waals surface area contributed by atoms with Crippen molar-refractivity contribution in [1.82, 2.24) is 4.90 Å². The molecule has 1 N–H and O–H groups in total. The Kier molecular flexibility index (Phi) is 7.64. The maximum absolute atomic E-state index is 13.2. The third-order valence-corrected chi connectivity index (χ3v) is 6.25. The van der Waals surface area contributed by atoms with Gasteiger partial charge in [-0.2, -0.15) is 8.78 Å². The highest BCUT2D eigenvalue weighted by Gasteiger charge is 2.43. The number of ether oxygens (including phenoxy) is 2. The van der Waals surface area contributed by atoms with Crippen LogP contribution in [0.5, 0.6) is 11.5 Å². The highest BCUT2D eigenvalue weighted by Crippen LogP contribution is 2.41. The molecule has 0 bridgehead atoms. The predicted octanol–water partition coefficient (Wildman–Crippen LogP) is 3.05. The predicted molar refractivity (Wildman–Crippen MR) is 116 cm³/mol. The van der Waals surface area contributed by atoms with Gasteiger partial charge >= 0.3 is 6.61 Å². The average molecular weight is 503 g/mol. The maximum Gasteiger partial charge on any atom is 0.387 e. The number of amides is 3. The second-order valence-corrected chi connectivity index (χ2v) is 8.89. The average Bonchev–Trinajstić information content (AvgIpc) is 3.24. The normalized spacial score (nSPS) is 14.1. The molecular formula is C20H20F2N2O7S2. The number of thiol groups is 1. The van der Waals surface area contributed by atoms with Crippen LogP contribution in [0.25, 0.3) is 0 Å². The van der Waals surface area contributed by atoms with Crippen LogP contribution in [0.4, 0.5) is 13.8 Å². The van der Waals surface area contributed by atoms with Crippen molar-refractivity contribution in [3.05, 3.63) is 40.3 Å². The number of hydrogen-bond acceptors (Lipinski definition) is 8. The Bertz CT molecular complexity index is 1160. The van der Waals surface area contributed by atoms with E-state index in [1.54, 1.807) is 6.92 Å². The molecule has 0 saturated heterocycles. The second-order valence-electron chi connectivity index (χ2n) is 6.89. The van der Waals surface area contributed by atoms with Gasteiger partial charge in [0.2, 0.25) is 5.91 Å². The smallest absolute Gasteiger partial charge is 0.387 e. The summed E-state index contributed by atoms with van der Waals surface area (Å²) < 4.78 is 57.8. The van der Waals surface area contributed by atoms with Crippen molar-refractivity contribution < 1.29 is 41.1 Å². The van der Waals surface area contributed by atoms with Gasteiger partial charge in [0, 0.05) is 18.1 Å². The summed E-state index contributed by atoms with van der Waals surface area (Å²) in [4.78, 5) is 38.7. The molecule has 1 aromatic carbocycles. The quantitative estimate of drug-likeness (QED) is 0.379. The minimum absolute atomic E-state index is 0.0272. The Morgan fingerprint density at radius 3 is 2.55 bits per heavy atom. The van der Waals surface area contributed by atoms with E-state index >= 15 is 0 Å². The van der Waals surface area contributed by atoms with Crippen molar-refractivity contribution in [2.75, 3.05) is 17.7 Å². The first-order valence-corrected chi connectivity index (χ1v) is 12.0. The molecule has 0 radical (unpaired) electrons. The van der Waals surface area contributed by atoms with Crippen LogP contribution in [0.1, 0.15) is 52.6 Å². The molecule has 13 heteroatoms. The molecule has 1 aliphatic heterocycles. The lowest BCUT2D eigenvalue weighted by Gasteiger charge is -2.27. The molecule has 2 heterocycles. The number of carbonyl (C=O) groups excluding carboxylic acids is 3. The number of alkyl halides is 2. The summed E-state index contributed by atoms with van der Waals surface area (Å²) in [6, 6.07) is 2.88. The van der Waals surface area contributed by atoms with E-state index in [-0.39, 0.29) is 46.4 Å². The van der Waals surface area contributed by atoms with Crippen molar-refractivity contribution in [2.45, 2.75) is 32.9 Å². The number of anilines is 1. The van der Waals surface area contributed by atoms with Crippen LogP contribution in [0.15, 0.2) is 23.6 Å². The number of carbonyl (C=O) groups is 3. The van der Waals surface area contributed by atoms with Gasteiger partial charge in [-0.3, -0.25) is 19.3 Å². The lowest BCUT2D eigenvalue weighted by Crippen LogP contribution is -2.35. The molecule has 0 saturated carbocycles. The van der Waals surface area contributed by atoms with E-state index in [0.717, 1.165) is 16.2 Å². The largest absolute Gasteiger partial charge is 0.490 e. The van der Waals surface area contributed by atoms with Gasteiger partial charge in [0.15, 0.2) is 11.5 Å². The van der Waals surface area contributed by atoms with E-state index in [9.17, 15) is 31.6 Å². The van der Waals surface area contributed by atoms with Crippen molar-refractivity contribution in [2.24, 2.45) is 0 Å². The van der Waals surface area contributed by atoms with Gasteiger partial charge in [-0.25, -0.2) is 8.42 Å². The Labute approximate surface area is 193 Å². The summed E-state index contributed by atoms with van der Waals surface area (Å²) in [6.07, 6.45) is -0.125. The van der Waals surface area contributed by atoms with Gasteiger partial charge in [0.25, 0.3) is 11.8 Å². The number of rotatable bonds is 10. The third-order valence-electron chi connectivity index (χ3n) is 4.73. The Morgan fingerprint density at radius 2 is 1.94 bits per heavy atom. The lowest BCUT2D eigenvalue weighted by molar-refractivity contribution is -0.114. The minimum atomic E-state index is -3.10.